The van der Waals surface area contributed by atoms with Crippen LogP contribution in [0.25, 0.3) is 4.91 Å². The number of aromatic nitrogens is 2. The molecule has 6 heteroatoms. The molecule has 0 amide bonds. The number of unbranched alkanes of at least 4 members (excludes halogenated alkanes) is 1. The van der Waals surface area contributed by atoms with Crippen LogP contribution >= 0.6 is 23.1 Å². The topological polar surface area (TPSA) is 42.2 Å². The van der Waals surface area contributed by atoms with E-state index in [2.05, 4.69) is 28.2 Å². The summed E-state index contributed by atoms with van der Waals surface area (Å²) >= 11 is 3.56. The molecule has 1 atom stereocenters. The van der Waals surface area contributed by atoms with E-state index in [0.717, 1.165) is 12.3 Å². The Kier molecular flexibility index (Phi) is 3.89. The Morgan fingerprint density at radius 3 is 3.11 bits per heavy atom. The van der Waals surface area contributed by atoms with E-state index < -0.39 is 0 Å². The lowest BCUT2D eigenvalue weighted by Crippen LogP contribution is -2.23. The molecule has 19 heavy (non-hydrogen) atoms. The first kappa shape index (κ1) is 12.7. The SMILES string of the molecule is CCCCC1SC(c2cncs2)=CN1c1ccno1. The highest BCUT2D eigenvalue weighted by atomic mass is 32.2. The van der Waals surface area contributed by atoms with Gasteiger partial charge in [0.25, 0.3) is 0 Å². The zero-order chi connectivity index (χ0) is 13.1. The van der Waals surface area contributed by atoms with Gasteiger partial charge >= 0.3 is 0 Å². The Labute approximate surface area is 120 Å². The fourth-order valence-corrected chi connectivity index (χ4v) is 4.04. The van der Waals surface area contributed by atoms with Crippen LogP contribution in [-0.2, 0) is 0 Å². The van der Waals surface area contributed by atoms with Crippen molar-refractivity contribution in [2.45, 2.75) is 31.6 Å². The van der Waals surface area contributed by atoms with Crippen LogP contribution in [0.5, 0.6) is 0 Å². The number of hydrogen-bond donors (Lipinski definition) is 0. The van der Waals surface area contributed by atoms with Gasteiger partial charge in [0.05, 0.1) is 22.0 Å². The van der Waals surface area contributed by atoms with E-state index >= 15 is 0 Å². The highest BCUT2D eigenvalue weighted by Crippen LogP contribution is 2.44. The Bertz CT molecular complexity index is 536. The zero-order valence-corrected chi connectivity index (χ0v) is 12.3. The maximum Gasteiger partial charge on any atom is 0.232 e. The number of thiazole rings is 1. The highest BCUT2D eigenvalue weighted by molar-refractivity contribution is 8.09. The summed E-state index contributed by atoms with van der Waals surface area (Å²) in [7, 11) is 0. The summed E-state index contributed by atoms with van der Waals surface area (Å²) in [5.74, 6) is 0.813. The second-order valence-corrected chi connectivity index (χ2v) is 6.44. The third kappa shape index (κ3) is 2.69. The quantitative estimate of drug-likeness (QED) is 0.826. The van der Waals surface area contributed by atoms with E-state index in [4.69, 9.17) is 4.52 Å². The van der Waals surface area contributed by atoms with E-state index in [1.807, 2.05) is 29.5 Å². The lowest BCUT2D eigenvalue weighted by molar-refractivity contribution is 0.419. The molecule has 3 rings (SSSR count). The van der Waals surface area contributed by atoms with Crippen molar-refractivity contribution in [1.82, 2.24) is 10.1 Å². The van der Waals surface area contributed by atoms with Crippen LogP contribution < -0.4 is 4.90 Å². The van der Waals surface area contributed by atoms with E-state index in [0.29, 0.717) is 5.37 Å². The smallest absolute Gasteiger partial charge is 0.232 e. The first-order valence-electron chi connectivity index (χ1n) is 6.35. The van der Waals surface area contributed by atoms with Gasteiger partial charge in [-0.1, -0.05) is 36.7 Å². The van der Waals surface area contributed by atoms with Crippen LogP contribution in [0, 0.1) is 0 Å². The summed E-state index contributed by atoms with van der Waals surface area (Å²) in [6, 6.07) is 1.91. The molecule has 0 saturated carbocycles. The van der Waals surface area contributed by atoms with Crippen molar-refractivity contribution in [2.24, 2.45) is 0 Å². The minimum absolute atomic E-state index is 0.394. The molecule has 0 radical (unpaired) electrons. The molecule has 0 saturated heterocycles. The van der Waals surface area contributed by atoms with Gasteiger partial charge in [0.1, 0.15) is 0 Å². The van der Waals surface area contributed by atoms with Gasteiger partial charge < -0.3 is 9.42 Å². The lowest BCUT2D eigenvalue weighted by Gasteiger charge is -2.20. The minimum Gasteiger partial charge on any atom is -0.338 e. The second-order valence-electron chi connectivity index (χ2n) is 4.33. The monoisotopic (exact) mass is 293 g/mol. The standard InChI is InChI=1S/C13H15N3OS2/c1-2-3-4-13-16(12-5-6-15-17-12)8-11(19-13)10-7-14-9-18-10/h5-9,13H,2-4H2,1H3. The van der Waals surface area contributed by atoms with Crippen molar-refractivity contribution in [3.63, 3.8) is 0 Å². The molecule has 4 nitrogen and oxygen atoms in total. The van der Waals surface area contributed by atoms with Crippen LogP contribution in [0.15, 0.2) is 34.7 Å². The number of hydrogen-bond acceptors (Lipinski definition) is 6. The fourth-order valence-electron chi connectivity index (χ4n) is 2.03. The first-order chi connectivity index (χ1) is 9.38. The van der Waals surface area contributed by atoms with Gasteiger partial charge in [0.2, 0.25) is 5.88 Å². The molecule has 0 aliphatic carbocycles. The van der Waals surface area contributed by atoms with E-state index in [-0.39, 0.29) is 0 Å². The number of nitrogens with zero attached hydrogens (tertiary/aromatic N) is 3. The van der Waals surface area contributed by atoms with Gasteiger partial charge in [-0.05, 0) is 6.42 Å². The van der Waals surface area contributed by atoms with Crippen molar-refractivity contribution in [1.29, 1.82) is 0 Å². The maximum absolute atomic E-state index is 5.30. The summed E-state index contributed by atoms with van der Waals surface area (Å²) in [4.78, 5) is 8.81. The average Bonchev–Trinajstić information content (AvgIpc) is 3.14. The molecule has 3 heterocycles. The molecular formula is C13H15N3OS2. The molecule has 0 aromatic carbocycles. The molecular weight excluding hydrogens is 278 g/mol. The molecule has 0 N–H and O–H groups in total. The van der Waals surface area contributed by atoms with Crippen LogP contribution in [0.1, 0.15) is 31.1 Å². The molecule has 0 spiro atoms. The van der Waals surface area contributed by atoms with Crippen LogP contribution in [0.2, 0.25) is 0 Å². The van der Waals surface area contributed by atoms with Crippen molar-refractivity contribution >= 4 is 33.9 Å². The summed E-state index contributed by atoms with van der Waals surface area (Å²) < 4.78 is 5.30. The van der Waals surface area contributed by atoms with Gasteiger partial charge in [-0.15, -0.1) is 11.3 Å². The Morgan fingerprint density at radius 1 is 1.47 bits per heavy atom. The molecule has 1 aliphatic rings. The summed E-state index contributed by atoms with van der Waals surface area (Å²) in [5, 5.41) is 4.20. The van der Waals surface area contributed by atoms with Crippen molar-refractivity contribution in [2.75, 3.05) is 4.90 Å². The van der Waals surface area contributed by atoms with E-state index in [9.17, 15) is 0 Å². The molecule has 0 fully saturated rings. The number of rotatable bonds is 5. The summed E-state index contributed by atoms with van der Waals surface area (Å²) in [6.07, 6.45) is 9.32. The predicted molar refractivity (Wildman–Crippen MR) is 80.0 cm³/mol. The van der Waals surface area contributed by atoms with Gasteiger partial charge in [-0.25, -0.2) is 0 Å². The normalized spacial score (nSPS) is 18.9. The average molecular weight is 293 g/mol. The van der Waals surface area contributed by atoms with Crippen LogP contribution in [0.3, 0.4) is 0 Å². The first-order valence-corrected chi connectivity index (χ1v) is 8.10. The largest absolute Gasteiger partial charge is 0.338 e. The molecule has 2 aromatic rings. The Morgan fingerprint density at radius 2 is 2.42 bits per heavy atom. The van der Waals surface area contributed by atoms with E-state index in [1.54, 1.807) is 17.5 Å². The number of thioether (sulfide) groups is 1. The highest BCUT2D eigenvalue weighted by Gasteiger charge is 2.29. The third-order valence-electron chi connectivity index (χ3n) is 2.99. The lowest BCUT2D eigenvalue weighted by atomic mass is 10.2. The fraction of sp³-hybridized carbons (Fsp3) is 0.385. The van der Waals surface area contributed by atoms with Gasteiger partial charge in [-0.3, -0.25) is 4.98 Å². The molecule has 0 bridgehead atoms. The summed E-state index contributed by atoms with van der Waals surface area (Å²) in [5.41, 5.74) is 1.87. The Hall–Kier alpha value is -1.27. The molecule has 100 valence electrons. The maximum atomic E-state index is 5.30. The number of anilines is 1. The predicted octanol–water partition coefficient (Wildman–Crippen LogP) is 4.20. The molecule has 2 aromatic heterocycles. The van der Waals surface area contributed by atoms with Crippen LogP contribution in [-0.4, -0.2) is 15.5 Å². The van der Waals surface area contributed by atoms with Crippen molar-refractivity contribution < 1.29 is 4.52 Å². The molecule has 1 aliphatic heterocycles. The molecule has 1 unspecified atom stereocenters. The Balaban J connectivity index is 1.83. The third-order valence-corrected chi connectivity index (χ3v) is 5.24. The second kappa shape index (κ2) is 5.79. The van der Waals surface area contributed by atoms with Gasteiger partial charge in [-0.2, -0.15) is 0 Å². The van der Waals surface area contributed by atoms with Gasteiger partial charge in [0, 0.05) is 23.4 Å². The van der Waals surface area contributed by atoms with Crippen molar-refractivity contribution in [3.05, 3.63) is 35.0 Å². The minimum atomic E-state index is 0.394. The van der Waals surface area contributed by atoms with E-state index in [1.165, 1.54) is 22.6 Å². The van der Waals surface area contributed by atoms with Crippen LogP contribution in [0.4, 0.5) is 5.88 Å². The van der Waals surface area contributed by atoms with Gasteiger partial charge in [0.15, 0.2) is 0 Å². The summed E-state index contributed by atoms with van der Waals surface area (Å²) in [6.45, 7) is 2.22. The zero-order valence-electron chi connectivity index (χ0n) is 10.7. The van der Waals surface area contributed by atoms with Crippen molar-refractivity contribution in [3.8, 4) is 0 Å².